The van der Waals surface area contributed by atoms with Gasteiger partial charge in [-0.2, -0.15) is 5.10 Å². The molecule has 18 heavy (non-hydrogen) atoms. The van der Waals surface area contributed by atoms with Crippen LogP contribution in [0.5, 0.6) is 0 Å². The molecule has 1 aromatic heterocycles. The number of nitrogens with one attached hydrogen (secondary N) is 1. The first-order valence-electron chi connectivity index (χ1n) is 5.65. The highest BCUT2D eigenvalue weighted by Gasteiger charge is 2.12. The lowest BCUT2D eigenvalue weighted by atomic mass is 10.0. The van der Waals surface area contributed by atoms with Crippen LogP contribution < -0.4 is 5.43 Å². The normalized spacial score (nSPS) is 15.1. The van der Waals surface area contributed by atoms with E-state index in [0.717, 1.165) is 17.0 Å². The Morgan fingerprint density at radius 2 is 2.00 bits per heavy atom. The van der Waals surface area contributed by atoms with Gasteiger partial charge in [0, 0.05) is 12.8 Å². The summed E-state index contributed by atoms with van der Waals surface area (Å²) in [6, 6.07) is 7.83. The number of rotatable bonds is 2. The predicted octanol–water partition coefficient (Wildman–Crippen LogP) is 0.881. The van der Waals surface area contributed by atoms with Crippen molar-refractivity contribution in [3.8, 4) is 5.69 Å². The Labute approximate surface area is 103 Å². The fraction of sp³-hybridized carbons (Fsp3) is 0.167. The zero-order valence-electron chi connectivity index (χ0n) is 9.58. The van der Waals surface area contributed by atoms with Crippen LogP contribution in [0.25, 0.3) is 5.69 Å². The number of carbonyl (C=O) groups is 1. The van der Waals surface area contributed by atoms with Crippen LogP contribution in [-0.2, 0) is 4.79 Å². The average Bonchev–Trinajstić information content (AvgIpc) is 2.94. The summed E-state index contributed by atoms with van der Waals surface area (Å²) in [5.41, 5.74) is 5.35. The van der Waals surface area contributed by atoms with E-state index in [0.29, 0.717) is 12.8 Å². The third kappa shape index (κ3) is 2.00. The fourth-order valence-corrected chi connectivity index (χ4v) is 1.83. The lowest BCUT2D eigenvalue weighted by molar-refractivity contribution is -0.121. The summed E-state index contributed by atoms with van der Waals surface area (Å²) in [4.78, 5) is 11.0. The van der Waals surface area contributed by atoms with Gasteiger partial charge in [0.15, 0.2) is 0 Å². The van der Waals surface area contributed by atoms with Crippen molar-refractivity contribution in [1.29, 1.82) is 0 Å². The molecule has 0 spiro atoms. The van der Waals surface area contributed by atoms with E-state index in [4.69, 9.17) is 0 Å². The molecule has 0 unspecified atom stereocenters. The highest BCUT2D eigenvalue weighted by atomic mass is 16.2. The van der Waals surface area contributed by atoms with Crippen molar-refractivity contribution in [3.63, 3.8) is 0 Å². The number of nitrogens with zero attached hydrogens (tertiary/aromatic N) is 4. The number of hydrogen-bond acceptors (Lipinski definition) is 4. The van der Waals surface area contributed by atoms with Crippen LogP contribution in [0.4, 0.5) is 0 Å². The van der Waals surface area contributed by atoms with Crippen molar-refractivity contribution in [2.45, 2.75) is 12.8 Å². The highest BCUT2D eigenvalue weighted by molar-refractivity contribution is 6.04. The minimum atomic E-state index is -0.0296. The monoisotopic (exact) mass is 241 g/mol. The van der Waals surface area contributed by atoms with E-state index in [2.05, 4.69) is 20.8 Å². The summed E-state index contributed by atoms with van der Waals surface area (Å²) >= 11 is 0. The van der Waals surface area contributed by atoms with Gasteiger partial charge in [0.2, 0.25) is 5.91 Å². The zero-order valence-corrected chi connectivity index (χ0v) is 9.58. The molecule has 3 rings (SSSR count). The molecule has 6 heteroatoms. The molecule has 0 radical (unpaired) electrons. The summed E-state index contributed by atoms with van der Waals surface area (Å²) < 4.78 is 1.69. The van der Waals surface area contributed by atoms with Gasteiger partial charge in [0.05, 0.1) is 23.8 Å². The Morgan fingerprint density at radius 1 is 1.17 bits per heavy atom. The van der Waals surface area contributed by atoms with Gasteiger partial charge in [-0.05, 0) is 17.7 Å². The van der Waals surface area contributed by atoms with E-state index in [-0.39, 0.29) is 5.91 Å². The van der Waals surface area contributed by atoms with Crippen molar-refractivity contribution in [2.75, 3.05) is 0 Å². The quantitative estimate of drug-likeness (QED) is 0.848. The lowest BCUT2D eigenvalue weighted by Gasteiger charge is -2.12. The molecule has 0 aliphatic carbocycles. The third-order valence-corrected chi connectivity index (χ3v) is 2.79. The van der Waals surface area contributed by atoms with E-state index in [9.17, 15) is 4.79 Å². The Bertz CT molecular complexity index is 585. The van der Waals surface area contributed by atoms with Crippen LogP contribution in [0.1, 0.15) is 18.4 Å². The molecular weight excluding hydrogens is 230 g/mol. The van der Waals surface area contributed by atoms with Crippen LogP contribution >= 0.6 is 0 Å². The van der Waals surface area contributed by atoms with Crippen LogP contribution in [0.3, 0.4) is 0 Å². The van der Waals surface area contributed by atoms with Gasteiger partial charge in [-0.1, -0.05) is 17.3 Å². The molecule has 1 N–H and O–H groups in total. The van der Waals surface area contributed by atoms with Gasteiger partial charge in [-0.3, -0.25) is 4.79 Å². The van der Waals surface area contributed by atoms with E-state index in [1.54, 1.807) is 17.1 Å². The zero-order chi connectivity index (χ0) is 12.4. The number of amides is 1. The second kappa shape index (κ2) is 4.40. The van der Waals surface area contributed by atoms with Crippen LogP contribution in [-0.4, -0.2) is 26.6 Å². The summed E-state index contributed by atoms with van der Waals surface area (Å²) in [5, 5.41) is 11.7. The van der Waals surface area contributed by atoms with E-state index < -0.39 is 0 Å². The first kappa shape index (κ1) is 10.6. The molecule has 1 aliphatic heterocycles. The third-order valence-electron chi connectivity index (χ3n) is 2.79. The molecular formula is C12H11N5O. The minimum Gasteiger partial charge on any atom is -0.273 e. The molecule has 2 aromatic rings. The summed E-state index contributed by atoms with van der Waals surface area (Å²) in [7, 11) is 0. The number of benzene rings is 1. The Balaban J connectivity index is 1.85. The van der Waals surface area contributed by atoms with Gasteiger partial charge < -0.3 is 0 Å². The number of carbonyl (C=O) groups excluding carboxylic acids is 1. The SMILES string of the molecule is O=C1CCC(c2ccc(-n3ccnn3)cc2)=NN1. The molecule has 2 heterocycles. The van der Waals surface area contributed by atoms with Gasteiger partial charge >= 0.3 is 0 Å². The summed E-state index contributed by atoms with van der Waals surface area (Å²) in [5.74, 6) is -0.0296. The largest absolute Gasteiger partial charge is 0.273 e. The van der Waals surface area contributed by atoms with Crippen molar-refractivity contribution in [3.05, 3.63) is 42.2 Å². The second-order valence-electron chi connectivity index (χ2n) is 3.99. The maximum absolute atomic E-state index is 11.0. The standard InChI is InChI=1S/C12H11N5O/c18-12-6-5-11(14-15-12)9-1-3-10(4-2-9)17-8-7-13-16-17/h1-4,7-8H,5-6H2,(H,15,18). The second-order valence-corrected chi connectivity index (χ2v) is 3.99. The van der Waals surface area contributed by atoms with Crippen molar-refractivity contribution in [1.82, 2.24) is 20.4 Å². The van der Waals surface area contributed by atoms with Crippen LogP contribution in [0.2, 0.25) is 0 Å². The maximum Gasteiger partial charge on any atom is 0.240 e. The van der Waals surface area contributed by atoms with Gasteiger partial charge in [0.1, 0.15) is 0 Å². The molecule has 0 saturated carbocycles. The summed E-state index contributed by atoms with van der Waals surface area (Å²) in [6.07, 6.45) is 4.58. The van der Waals surface area contributed by atoms with Crippen molar-refractivity contribution >= 4 is 11.6 Å². The first-order valence-corrected chi connectivity index (χ1v) is 5.65. The Kier molecular flexibility index (Phi) is 2.60. The van der Waals surface area contributed by atoms with Crippen molar-refractivity contribution in [2.24, 2.45) is 5.10 Å². The molecule has 0 atom stereocenters. The van der Waals surface area contributed by atoms with Crippen LogP contribution in [0.15, 0.2) is 41.8 Å². The van der Waals surface area contributed by atoms with E-state index >= 15 is 0 Å². The minimum absolute atomic E-state index is 0.0296. The first-order chi connectivity index (χ1) is 8.83. The van der Waals surface area contributed by atoms with Gasteiger partial charge in [-0.25, -0.2) is 10.1 Å². The van der Waals surface area contributed by atoms with E-state index in [1.807, 2.05) is 24.3 Å². The summed E-state index contributed by atoms with van der Waals surface area (Å²) in [6.45, 7) is 0. The van der Waals surface area contributed by atoms with Gasteiger partial charge in [-0.15, -0.1) is 5.10 Å². The molecule has 90 valence electrons. The fourth-order valence-electron chi connectivity index (χ4n) is 1.83. The molecule has 1 amide bonds. The molecule has 6 nitrogen and oxygen atoms in total. The van der Waals surface area contributed by atoms with Crippen LogP contribution in [0, 0.1) is 0 Å². The molecule has 0 saturated heterocycles. The highest BCUT2D eigenvalue weighted by Crippen LogP contribution is 2.13. The van der Waals surface area contributed by atoms with E-state index in [1.165, 1.54) is 0 Å². The van der Waals surface area contributed by atoms with Crippen molar-refractivity contribution < 1.29 is 4.79 Å². The number of hydrazone groups is 1. The number of hydrogen-bond donors (Lipinski definition) is 1. The predicted molar refractivity (Wildman–Crippen MR) is 65.3 cm³/mol. The van der Waals surface area contributed by atoms with Gasteiger partial charge in [0.25, 0.3) is 0 Å². The lowest BCUT2D eigenvalue weighted by Crippen LogP contribution is -2.25. The molecule has 0 fully saturated rings. The molecule has 1 aliphatic rings. The average molecular weight is 241 g/mol. The smallest absolute Gasteiger partial charge is 0.240 e. The Hall–Kier alpha value is -2.50. The molecule has 0 bridgehead atoms. The number of aromatic nitrogens is 3. The molecule has 1 aromatic carbocycles. The topological polar surface area (TPSA) is 72.2 Å². The Morgan fingerprint density at radius 3 is 2.61 bits per heavy atom. The maximum atomic E-state index is 11.0.